The second-order valence-corrected chi connectivity index (χ2v) is 3.21. The van der Waals surface area contributed by atoms with E-state index in [4.69, 9.17) is 5.11 Å². The molecule has 13 heavy (non-hydrogen) atoms. The molecule has 0 aliphatic rings. The number of carboxylic acids is 1. The van der Waals surface area contributed by atoms with Gasteiger partial charge in [-0.15, -0.1) is 12.6 Å². The summed E-state index contributed by atoms with van der Waals surface area (Å²) in [4.78, 5) is 11.0. The van der Waals surface area contributed by atoms with Crippen LogP contribution in [-0.4, -0.2) is 11.1 Å². The molecule has 2 nitrogen and oxygen atoms in total. The summed E-state index contributed by atoms with van der Waals surface area (Å²) in [5.74, 6) is -2.45. The molecule has 1 aromatic carbocycles. The van der Waals surface area contributed by atoms with Crippen LogP contribution >= 0.6 is 12.6 Å². The van der Waals surface area contributed by atoms with Gasteiger partial charge in [0, 0.05) is 10.5 Å². The zero-order valence-corrected chi connectivity index (χ0v) is 7.88. The van der Waals surface area contributed by atoms with E-state index in [2.05, 4.69) is 12.6 Å². The maximum atomic E-state index is 13.1. The minimum absolute atomic E-state index is 0.137. The lowest BCUT2D eigenvalue weighted by atomic mass is 10.0. The van der Waals surface area contributed by atoms with E-state index in [1.54, 1.807) is 6.07 Å². The smallest absolute Gasteiger partial charge is 0.310 e. The average molecular weight is 200 g/mol. The number of hydrogen-bond acceptors (Lipinski definition) is 2. The summed E-state index contributed by atoms with van der Waals surface area (Å²) in [6, 6.07) is 4.30. The normalized spacial score (nSPS) is 12.5. The van der Waals surface area contributed by atoms with Crippen LogP contribution in [0.1, 0.15) is 18.4 Å². The highest BCUT2D eigenvalue weighted by atomic mass is 32.1. The SMILES string of the molecule is CC(C(=O)O)c1c(F)cccc1S. The summed E-state index contributed by atoms with van der Waals surface area (Å²) in [6.45, 7) is 1.43. The lowest BCUT2D eigenvalue weighted by molar-refractivity contribution is -0.138. The Hall–Kier alpha value is -1.03. The highest BCUT2D eigenvalue weighted by molar-refractivity contribution is 7.80. The van der Waals surface area contributed by atoms with Crippen molar-refractivity contribution in [2.75, 3.05) is 0 Å². The molecule has 0 aliphatic carbocycles. The van der Waals surface area contributed by atoms with Crippen molar-refractivity contribution in [2.45, 2.75) is 17.7 Å². The first kappa shape index (κ1) is 10.1. The summed E-state index contributed by atoms with van der Waals surface area (Å²) >= 11 is 4.00. The zero-order chi connectivity index (χ0) is 10.0. The Kier molecular flexibility index (Phi) is 2.93. The van der Waals surface area contributed by atoms with Crippen molar-refractivity contribution in [3.63, 3.8) is 0 Å². The molecular formula is C9H9FO2S. The third-order valence-electron chi connectivity index (χ3n) is 1.83. The molecule has 0 bridgehead atoms. The molecule has 1 rings (SSSR count). The van der Waals surface area contributed by atoms with Gasteiger partial charge < -0.3 is 5.11 Å². The summed E-state index contributed by atoms with van der Waals surface area (Å²) in [6.07, 6.45) is 0. The molecule has 1 aromatic rings. The van der Waals surface area contributed by atoms with E-state index in [0.29, 0.717) is 4.90 Å². The Morgan fingerprint density at radius 3 is 2.69 bits per heavy atom. The molecule has 0 radical (unpaired) electrons. The van der Waals surface area contributed by atoms with Crippen molar-refractivity contribution in [3.05, 3.63) is 29.6 Å². The third kappa shape index (κ3) is 2.01. The highest BCUT2D eigenvalue weighted by Crippen LogP contribution is 2.25. The Morgan fingerprint density at radius 1 is 1.62 bits per heavy atom. The standard InChI is InChI=1S/C9H9FO2S/c1-5(9(11)12)8-6(10)3-2-4-7(8)13/h2-5,13H,1H3,(H,11,12). The van der Waals surface area contributed by atoms with Crippen molar-refractivity contribution < 1.29 is 14.3 Å². The van der Waals surface area contributed by atoms with Gasteiger partial charge in [-0.2, -0.15) is 0 Å². The van der Waals surface area contributed by atoms with Gasteiger partial charge in [0.25, 0.3) is 0 Å². The lowest BCUT2D eigenvalue weighted by Crippen LogP contribution is -2.10. The monoisotopic (exact) mass is 200 g/mol. The summed E-state index contributed by atoms with van der Waals surface area (Å²) in [7, 11) is 0. The van der Waals surface area contributed by atoms with Crippen molar-refractivity contribution in [1.82, 2.24) is 0 Å². The molecule has 0 aliphatic heterocycles. The number of halogens is 1. The zero-order valence-electron chi connectivity index (χ0n) is 6.99. The molecule has 0 aromatic heterocycles. The molecule has 0 heterocycles. The summed E-state index contributed by atoms with van der Waals surface area (Å²) in [5.41, 5.74) is 0.137. The second kappa shape index (κ2) is 3.79. The lowest BCUT2D eigenvalue weighted by Gasteiger charge is -2.09. The molecule has 4 heteroatoms. The number of thiol groups is 1. The largest absolute Gasteiger partial charge is 0.481 e. The Balaban J connectivity index is 3.20. The molecule has 70 valence electrons. The van der Waals surface area contributed by atoms with Gasteiger partial charge in [0.1, 0.15) is 5.82 Å². The van der Waals surface area contributed by atoms with Gasteiger partial charge in [0.05, 0.1) is 5.92 Å². The van der Waals surface area contributed by atoms with E-state index in [0.717, 1.165) is 0 Å². The fourth-order valence-corrected chi connectivity index (χ4v) is 1.46. The topological polar surface area (TPSA) is 37.3 Å². The molecule has 0 spiro atoms. The minimum Gasteiger partial charge on any atom is -0.481 e. The molecule has 0 fully saturated rings. The van der Waals surface area contributed by atoms with Crippen LogP contribution in [0.15, 0.2) is 23.1 Å². The van der Waals surface area contributed by atoms with Gasteiger partial charge in [-0.25, -0.2) is 4.39 Å². The number of benzene rings is 1. The number of aliphatic carboxylic acids is 1. The maximum Gasteiger partial charge on any atom is 0.310 e. The van der Waals surface area contributed by atoms with Gasteiger partial charge in [0.2, 0.25) is 0 Å². The first-order valence-electron chi connectivity index (χ1n) is 3.74. The fraction of sp³-hybridized carbons (Fsp3) is 0.222. The molecule has 0 amide bonds. The Morgan fingerprint density at radius 2 is 2.23 bits per heavy atom. The predicted molar refractivity (Wildman–Crippen MR) is 49.7 cm³/mol. The van der Waals surface area contributed by atoms with Crippen LogP contribution in [0.3, 0.4) is 0 Å². The van der Waals surface area contributed by atoms with Gasteiger partial charge in [0.15, 0.2) is 0 Å². The molecule has 1 unspecified atom stereocenters. The van der Waals surface area contributed by atoms with Crippen LogP contribution in [0.4, 0.5) is 4.39 Å². The van der Waals surface area contributed by atoms with E-state index >= 15 is 0 Å². The second-order valence-electron chi connectivity index (χ2n) is 2.73. The van der Waals surface area contributed by atoms with E-state index in [-0.39, 0.29) is 5.56 Å². The summed E-state index contributed by atoms with van der Waals surface area (Å²) in [5, 5.41) is 8.68. The van der Waals surface area contributed by atoms with Crippen molar-refractivity contribution in [3.8, 4) is 0 Å². The number of carbonyl (C=O) groups is 1. The van der Waals surface area contributed by atoms with E-state index in [1.165, 1.54) is 19.1 Å². The van der Waals surface area contributed by atoms with Gasteiger partial charge in [-0.3, -0.25) is 4.79 Å². The van der Waals surface area contributed by atoms with Crippen molar-refractivity contribution >= 4 is 18.6 Å². The number of rotatable bonds is 2. The van der Waals surface area contributed by atoms with Gasteiger partial charge >= 0.3 is 5.97 Å². The van der Waals surface area contributed by atoms with Crippen LogP contribution in [0, 0.1) is 5.82 Å². The van der Waals surface area contributed by atoms with Crippen molar-refractivity contribution in [2.24, 2.45) is 0 Å². The predicted octanol–water partition coefficient (Wildman–Crippen LogP) is 2.30. The Labute approximate surface area is 80.8 Å². The number of hydrogen-bond donors (Lipinski definition) is 2. The maximum absolute atomic E-state index is 13.1. The first-order valence-corrected chi connectivity index (χ1v) is 4.19. The van der Waals surface area contributed by atoms with Gasteiger partial charge in [-0.1, -0.05) is 6.07 Å². The fourth-order valence-electron chi connectivity index (χ4n) is 1.08. The minimum atomic E-state index is -1.06. The van der Waals surface area contributed by atoms with Crippen LogP contribution in [0.25, 0.3) is 0 Å². The first-order chi connectivity index (χ1) is 6.04. The van der Waals surface area contributed by atoms with E-state index in [1.807, 2.05) is 0 Å². The number of carboxylic acid groups (broad SMARTS) is 1. The quantitative estimate of drug-likeness (QED) is 0.719. The molecule has 0 saturated heterocycles. The van der Waals surface area contributed by atoms with Crippen molar-refractivity contribution in [1.29, 1.82) is 0 Å². The van der Waals surface area contributed by atoms with Crippen LogP contribution in [0.2, 0.25) is 0 Å². The van der Waals surface area contributed by atoms with E-state index in [9.17, 15) is 9.18 Å². The van der Waals surface area contributed by atoms with E-state index < -0.39 is 17.7 Å². The van der Waals surface area contributed by atoms with Crippen LogP contribution in [0.5, 0.6) is 0 Å². The molecule has 0 saturated carbocycles. The highest BCUT2D eigenvalue weighted by Gasteiger charge is 2.19. The van der Waals surface area contributed by atoms with Crippen LogP contribution < -0.4 is 0 Å². The van der Waals surface area contributed by atoms with Crippen LogP contribution in [-0.2, 0) is 4.79 Å². The van der Waals surface area contributed by atoms with Gasteiger partial charge in [-0.05, 0) is 19.1 Å². The molecule has 1 atom stereocenters. The third-order valence-corrected chi connectivity index (χ3v) is 2.22. The molecule has 1 N–H and O–H groups in total. The average Bonchev–Trinajstić information content (AvgIpc) is 2.03. The Bertz CT molecular complexity index is 318. The molecular weight excluding hydrogens is 191 g/mol. The summed E-state index contributed by atoms with van der Waals surface area (Å²) < 4.78 is 13.1.